The lowest BCUT2D eigenvalue weighted by molar-refractivity contribution is 0.397. The number of benzene rings is 1. The molecular weight excluding hydrogens is 272 g/mol. The van der Waals surface area contributed by atoms with Gasteiger partial charge in [-0.05, 0) is 37.0 Å². The van der Waals surface area contributed by atoms with E-state index in [9.17, 15) is 0 Å². The van der Waals surface area contributed by atoms with Crippen molar-refractivity contribution in [1.82, 2.24) is 0 Å². The van der Waals surface area contributed by atoms with Crippen molar-refractivity contribution in [3.05, 3.63) is 28.8 Å². The molecule has 0 nitrogen and oxygen atoms in total. The molecule has 1 aromatic rings. The predicted octanol–water partition coefficient (Wildman–Crippen LogP) is 5.77. The van der Waals surface area contributed by atoms with Crippen LogP contribution in [0.1, 0.15) is 51.5 Å². The van der Waals surface area contributed by atoms with Gasteiger partial charge in [-0.15, -0.1) is 11.8 Å². The van der Waals surface area contributed by atoms with E-state index >= 15 is 0 Å². The minimum Gasteiger partial charge on any atom is -0.122 e. The topological polar surface area (TPSA) is 0 Å². The summed E-state index contributed by atoms with van der Waals surface area (Å²) in [6.45, 7) is 4.43. The Hall–Kier alpha value is -0.580. The molecule has 1 fully saturated rings. The monoisotopic (exact) mass is 292 g/mol. The van der Waals surface area contributed by atoms with Crippen LogP contribution in [0.15, 0.2) is 23.1 Å². The van der Waals surface area contributed by atoms with E-state index in [4.69, 9.17) is 11.6 Å². The van der Waals surface area contributed by atoms with Crippen molar-refractivity contribution in [2.75, 3.05) is 0 Å². The molecule has 0 N–H and O–H groups in total. The largest absolute Gasteiger partial charge is 0.122 e. The lowest BCUT2D eigenvalue weighted by Crippen LogP contribution is -2.18. The maximum Gasteiger partial charge on any atom is 0.0573 e. The average molecular weight is 293 g/mol. The molecule has 2 heteroatoms. The van der Waals surface area contributed by atoms with Gasteiger partial charge >= 0.3 is 0 Å². The molecule has 1 aliphatic rings. The summed E-state index contributed by atoms with van der Waals surface area (Å²) in [6.07, 6.45) is 6.33. The Bertz CT molecular complexity index is 484. The highest BCUT2D eigenvalue weighted by molar-refractivity contribution is 8.00. The Balaban J connectivity index is 2.07. The van der Waals surface area contributed by atoms with Crippen molar-refractivity contribution in [3.8, 4) is 11.8 Å². The van der Waals surface area contributed by atoms with Gasteiger partial charge in [0, 0.05) is 22.1 Å². The first kappa shape index (κ1) is 14.8. The fourth-order valence-electron chi connectivity index (χ4n) is 2.49. The van der Waals surface area contributed by atoms with Crippen LogP contribution in [-0.4, -0.2) is 5.25 Å². The zero-order valence-corrected chi connectivity index (χ0v) is 13.3. The molecular formula is C17H21ClS. The third-order valence-electron chi connectivity index (χ3n) is 3.66. The maximum atomic E-state index is 6.30. The van der Waals surface area contributed by atoms with Gasteiger partial charge in [-0.25, -0.2) is 0 Å². The molecule has 0 heterocycles. The highest BCUT2D eigenvalue weighted by atomic mass is 35.5. The minimum atomic E-state index is 0.748. The fraction of sp³-hybridized carbons (Fsp3) is 0.529. The standard InChI is InChI=1S/C17H21ClS/c1-3-4-8-14-10-11-15(12-16(14)18)19-17-9-6-5-7-13(17)2/h10-13,17H,3,5-7,9H2,1-2H3/t13-,17?/m0/s1. The number of thioether (sulfide) groups is 1. The van der Waals surface area contributed by atoms with Crippen LogP contribution in [0.3, 0.4) is 0 Å². The van der Waals surface area contributed by atoms with Crippen LogP contribution in [0.25, 0.3) is 0 Å². The van der Waals surface area contributed by atoms with Crippen molar-refractivity contribution >= 4 is 23.4 Å². The van der Waals surface area contributed by atoms with Crippen LogP contribution in [0.2, 0.25) is 5.02 Å². The zero-order chi connectivity index (χ0) is 13.7. The van der Waals surface area contributed by atoms with Crippen LogP contribution < -0.4 is 0 Å². The summed E-state index contributed by atoms with van der Waals surface area (Å²) in [4.78, 5) is 1.28. The molecule has 19 heavy (non-hydrogen) atoms. The zero-order valence-electron chi connectivity index (χ0n) is 11.7. The van der Waals surface area contributed by atoms with E-state index < -0.39 is 0 Å². The normalized spacial score (nSPS) is 22.7. The van der Waals surface area contributed by atoms with Gasteiger partial charge in [0.05, 0.1) is 5.02 Å². The summed E-state index contributed by atoms with van der Waals surface area (Å²) < 4.78 is 0. The summed E-state index contributed by atoms with van der Waals surface area (Å²) in [7, 11) is 0. The SMILES string of the molecule is CCC#Cc1ccc(SC2CCCC[C@@H]2C)cc1Cl. The van der Waals surface area contributed by atoms with Crippen molar-refractivity contribution in [1.29, 1.82) is 0 Å². The number of hydrogen-bond donors (Lipinski definition) is 0. The van der Waals surface area contributed by atoms with Crippen molar-refractivity contribution in [2.45, 2.75) is 56.1 Å². The molecule has 0 saturated heterocycles. The first-order chi connectivity index (χ1) is 9.20. The molecule has 1 unspecified atom stereocenters. The van der Waals surface area contributed by atoms with Gasteiger partial charge in [-0.3, -0.25) is 0 Å². The van der Waals surface area contributed by atoms with Crippen LogP contribution in [0.4, 0.5) is 0 Å². The summed E-state index contributed by atoms with van der Waals surface area (Å²) in [5.74, 6) is 7.00. The van der Waals surface area contributed by atoms with Gasteiger partial charge in [0.1, 0.15) is 0 Å². The number of rotatable bonds is 2. The van der Waals surface area contributed by atoms with Crippen LogP contribution in [0.5, 0.6) is 0 Å². The predicted molar refractivity (Wildman–Crippen MR) is 85.9 cm³/mol. The molecule has 2 atom stereocenters. The molecule has 0 aromatic heterocycles. The quantitative estimate of drug-likeness (QED) is 0.623. The summed E-state index contributed by atoms with van der Waals surface area (Å²) in [5.41, 5.74) is 0.949. The smallest absolute Gasteiger partial charge is 0.0573 e. The molecule has 0 amide bonds. The Morgan fingerprint density at radius 1 is 1.32 bits per heavy atom. The van der Waals surface area contributed by atoms with Crippen LogP contribution in [0, 0.1) is 17.8 Å². The molecule has 0 aliphatic heterocycles. The molecule has 0 bridgehead atoms. The Labute approximate surface area is 126 Å². The van der Waals surface area contributed by atoms with Gasteiger partial charge < -0.3 is 0 Å². The van der Waals surface area contributed by atoms with Gasteiger partial charge in [-0.1, -0.05) is 50.1 Å². The highest BCUT2D eigenvalue weighted by Crippen LogP contribution is 2.38. The van der Waals surface area contributed by atoms with Gasteiger partial charge in [0.25, 0.3) is 0 Å². The Kier molecular flexibility index (Phi) is 5.67. The Morgan fingerprint density at radius 3 is 2.79 bits per heavy atom. The van der Waals surface area contributed by atoms with Gasteiger partial charge in [0.2, 0.25) is 0 Å². The molecule has 1 aromatic carbocycles. The average Bonchev–Trinajstić information content (AvgIpc) is 2.40. The van der Waals surface area contributed by atoms with Gasteiger partial charge in [0.15, 0.2) is 0 Å². The fourth-order valence-corrected chi connectivity index (χ4v) is 4.11. The second kappa shape index (κ2) is 7.27. The Morgan fingerprint density at radius 2 is 2.11 bits per heavy atom. The molecule has 1 saturated carbocycles. The van der Waals surface area contributed by atoms with E-state index in [2.05, 4.69) is 43.9 Å². The van der Waals surface area contributed by atoms with E-state index in [0.29, 0.717) is 0 Å². The summed E-state index contributed by atoms with van der Waals surface area (Å²) >= 11 is 8.29. The van der Waals surface area contributed by atoms with Gasteiger partial charge in [-0.2, -0.15) is 0 Å². The van der Waals surface area contributed by atoms with E-state index in [1.54, 1.807) is 0 Å². The van der Waals surface area contributed by atoms with Crippen LogP contribution in [-0.2, 0) is 0 Å². The highest BCUT2D eigenvalue weighted by Gasteiger charge is 2.22. The molecule has 2 rings (SSSR count). The van der Waals surface area contributed by atoms with Crippen LogP contribution >= 0.6 is 23.4 Å². The van der Waals surface area contributed by atoms with Crippen molar-refractivity contribution < 1.29 is 0 Å². The van der Waals surface area contributed by atoms with E-state index in [1.165, 1.54) is 30.6 Å². The number of halogens is 1. The molecule has 1 aliphatic carbocycles. The molecule has 102 valence electrons. The lowest BCUT2D eigenvalue weighted by Gasteiger charge is -2.28. The lowest BCUT2D eigenvalue weighted by atomic mass is 9.90. The summed E-state index contributed by atoms with van der Waals surface area (Å²) in [5, 5.41) is 1.53. The first-order valence-corrected chi connectivity index (χ1v) is 8.41. The van der Waals surface area contributed by atoms with E-state index in [0.717, 1.165) is 28.2 Å². The third-order valence-corrected chi connectivity index (χ3v) is 5.50. The van der Waals surface area contributed by atoms with E-state index in [1.807, 2.05) is 11.8 Å². The molecule has 0 spiro atoms. The summed E-state index contributed by atoms with van der Waals surface area (Å²) in [6, 6.07) is 6.30. The third kappa shape index (κ3) is 4.20. The maximum absolute atomic E-state index is 6.30. The second-order valence-electron chi connectivity index (χ2n) is 5.22. The van der Waals surface area contributed by atoms with Crippen molar-refractivity contribution in [3.63, 3.8) is 0 Å². The van der Waals surface area contributed by atoms with E-state index in [-0.39, 0.29) is 0 Å². The first-order valence-electron chi connectivity index (χ1n) is 7.15. The minimum absolute atomic E-state index is 0.748. The molecule has 0 radical (unpaired) electrons. The van der Waals surface area contributed by atoms with Crippen molar-refractivity contribution in [2.24, 2.45) is 5.92 Å². The second-order valence-corrected chi connectivity index (χ2v) is 6.93. The number of hydrogen-bond acceptors (Lipinski definition) is 1.